The Kier molecular flexibility index (Phi) is 6.55. The molecule has 0 aliphatic carbocycles. The Morgan fingerprint density at radius 2 is 1.16 bits per heavy atom. The Labute approximate surface area is 183 Å². The summed E-state index contributed by atoms with van der Waals surface area (Å²) in [6.45, 7) is 6.42. The molecule has 4 nitrogen and oxygen atoms in total. The number of hydrogen-bond donors (Lipinski definition) is 0. The fourth-order valence-corrected chi connectivity index (χ4v) is 4.68. The van der Waals surface area contributed by atoms with Gasteiger partial charge in [0.1, 0.15) is 24.3 Å². The second-order valence-corrected chi connectivity index (χ2v) is 7.78. The molecule has 0 atom stereocenters. The van der Waals surface area contributed by atoms with Crippen LogP contribution in [0.3, 0.4) is 0 Å². The van der Waals surface area contributed by atoms with Crippen LogP contribution in [0, 0.1) is 45.3 Å². The van der Waals surface area contributed by atoms with E-state index in [1.54, 1.807) is 0 Å². The van der Waals surface area contributed by atoms with Gasteiger partial charge in [0.2, 0.25) is 0 Å². The van der Waals surface area contributed by atoms with Crippen molar-refractivity contribution in [3.63, 3.8) is 0 Å². The van der Waals surface area contributed by atoms with Crippen LogP contribution in [0.1, 0.15) is 79.0 Å². The third kappa shape index (κ3) is 3.48. The highest BCUT2D eigenvalue weighted by molar-refractivity contribution is 6.09. The summed E-state index contributed by atoms with van der Waals surface area (Å²) in [4.78, 5) is 0. The number of nitriles is 4. The molecule has 0 unspecified atom stereocenters. The fourth-order valence-electron chi connectivity index (χ4n) is 4.68. The van der Waals surface area contributed by atoms with Gasteiger partial charge in [0.05, 0.1) is 22.3 Å². The molecular weight excluding hydrogens is 380 g/mol. The normalized spacial score (nSPS) is 10.4. The second kappa shape index (κ2) is 9.30. The first-order valence-electron chi connectivity index (χ1n) is 10.8. The molecule has 0 aromatic heterocycles. The molecule has 0 amide bonds. The summed E-state index contributed by atoms with van der Waals surface area (Å²) in [6.07, 6.45) is 5.57. The lowest BCUT2D eigenvalue weighted by molar-refractivity contribution is 0.865. The predicted molar refractivity (Wildman–Crippen MR) is 122 cm³/mol. The van der Waals surface area contributed by atoms with Gasteiger partial charge >= 0.3 is 0 Å². The lowest BCUT2D eigenvalue weighted by Gasteiger charge is -2.20. The number of benzene rings is 3. The van der Waals surface area contributed by atoms with Crippen molar-refractivity contribution in [1.82, 2.24) is 0 Å². The van der Waals surface area contributed by atoms with Gasteiger partial charge in [-0.25, -0.2) is 0 Å². The molecule has 0 fully saturated rings. The molecule has 4 heteroatoms. The highest BCUT2D eigenvalue weighted by Gasteiger charge is 2.24. The first-order valence-corrected chi connectivity index (χ1v) is 10.8. The average molecular weight is 405 g/mol. The SMILES string of the molecule is CCCc1ccc2cc3c(C#N)c(C#N)c(C#N)c(C#N)c3c(CCC)c2c1CCC. The van der Waals surface area contributed by atoms with Crippen LogP contribution in [0.4, 0.5) is 0 Å². The van der Waals surface area contributed by atoms with Crippen LogP contribution in [0.25, 0.3) is 21.5 Å². The monoisotopic (exact) mass is 404 g/mol. The molecule has 0 radical (unpaired) electrons. The van der Waals surface area contributed by atoms with E-state index in [2.05, 4.69) is 45.0 Å². The van der Waals surface area contributed by atoms with Crippen LogP contribution in [0.2, 0.25) is 0 Å². The minimum absolute atomic E-state index is 0.00695. The third-order valence-electron chi connectivity index (χ3n) is 5.85. The third-order valence-corrected chi connectivity index (χ3v) is 5.85. The van der Waals surface area contributed by atoms with Crippen LogP contribution in [-0.4, -0.2) is 0 Å². The largest absolute Gasteiger partial charge is 0.192 e. The number of rotatable bonds is 6. The summed E-state index contributed by atoms with van der Waals surface area (Å²) >= 11 is 0. The van der Waals surface area contributed by atoms with Gasteiger partial charge in [0.25, 0.3) is 0 Å². The van der Waals surface area contributed by atoms with Gasteiger partial charge in [-0.2, -0.15) is 21.0 Å². The van der Waals surface area contributed by atoms with E-state index in [0.29, 0.717) is 10.8 Å². The number of aryl methyl sites for hydroxylation is 3. The maximum absolute atomic E-state index is 10.0. The predicted octanol–water partition coefficient (Wildman–Crippen LogP) is 6.34. The summed E-state index contributed by atoms with van der Waals surface area (Å²) in [7, 11) is 0. The highest BCUT2D eigenvalue weighted by Crippen LogP contribution is 2.39. The smallest absolute Gasteiger partial charge is 0.102 e. The molecule has 0 N–H and O–H groups in total. The summed E-state index contributed by atoms with van der Waals surface area (Å²) in [5.74, 6) is 0. The maximum atomic E-state index is 10.0. The topological polar surface area (TPSA) is 95.2 Å². The van der Waals surface area contributed by atoms with Crippen molar-refractivity contribution in [3.05, 3.63) is 57.1 Å². The van der Waals surface area contributed by atoms with Crippen molar-refractivity contribution in [2.45, 2.75) is 59.3 Å². The van der Waals surface area contributed by atoms with Crippen molar-refractivity contribution in [3.8, 4) is 24.3 Å². The Bertz CT molecular complexity index is 1350. The van der Waals surface area contributed by atoms with Crippen LogP contribution in [0.15, 0.2) is 18.2 Å². The average Bonchev–Trinajstić information content (AvgIpc) is 2.78. The lowest BCUT2D eigenvalue weighted by atomic mass is 9.82. The van der Waals surface area contributed by atoms with E-state index in [0.717, 1.165) is 54.9 Å². The number of nitrogens with zero attached hydrogens (tertiary/aromatic N) is 4. The molecule has 3 aromatic carbocycles. The van der Waals surface area contributed by atoms with E-state index in [1.807, 2.05) is 18.2 Å². The standard InChI is InChI=1S/C27H24N4/c1-4-7-17-10-11-18-12-21-22(13-28)23(14-29)24(15-30)25(16-31)27(21)20(9-6-3)26(18)19(17)8-5-2/h10-12H,4-9H2,1-3H3. The Balaban J connectivity index is 2.72. The molecule has 0 spiro atoms. The van der Waals surface area contributed by atoms with Crippen molar-refractivity contribution >= 4 is 21.5 Å². The first-order chi connectivity index (χ1) is 15.1. The van der Waals surface area contributed by atoms with E-state index >= 15 is 0 Å². The number of hydrogen-bond acceptors (Lipinski definition) is 4. The molecule has 31 heavy (non-hydrogen) atoms. The van der Waals surface area contributed by atoms with Gasteiger partial charge in [-0.05, 0) is 52.8 Å². The van der Waals surface area contributed by atoms with Gasteiger partial charge < -0.3 is 0 Å². The zero-order chi connectivity index (χ0) is 22.5. The summed E-state index contributed by atoms with van der Waals surface area (Å²) < 4.78 is 0. The van der Waals surface area contributed by atoms with E-state index in [-0.39, 0.29) is 22.3 Å². The second-order valence-electron chi connectivity index (χ2n) is 7.78. The molecule has 152 valence electrons. The van der Waals surface area contributed by atoms with Crippen molar-refractivity contribution in [2.24, 2.45) is 0 Å². The van der Waals surface area contributed by atoms with E-state index < -0.39 is 0 Å². The molecule has 3 aromatic rings. The van der Waals surface area contributed by atoms with Crippen molar-refractivity contribution in [2.75, 3.05) is 0 Å². The molecular formula is C27H24N4. The van der Waals surface area contributed by atoms with Gasteiger partial charge in [-0.15, -0.1) is 0 Å². The van der Waals surface area contributed by atoms with Crippen molar-refractivity contribution < 1.29 is 0 Å². The van der Waals surface area contributed by atoms with Gasteiger partial charge in [-0.1, -0.05) is 52.2 Å². The van der Waals surface area contributed by atoms with E-state index in [1.165, 1.54) is 11.1 Å². The molecule has 0 aliphatic rings. The van der Waals surface area contributed by atoms with E-state index in [4.69, 9.17) is 0 Å². The van der Waals surface area contributed by atoms with Crippen LogP contribution < -0.4 is 0 Å². The van der Waals surface area contributed by atoms with Crippen LogP contribution >= 0.6 is 0 Å². The van der Waals surface area contributed by atoms with E-state index in [9.17, 15) is 21.0 Å². The molecule has 0 saturated carbocycles. The quantitative estimate of drug-likeness (QED) is 0.448. The first kappa shape index (κ1) is 21.8. The van der Waals surface area contributed by atoms with Crippen LogP contribution in [0.5, 0.6) is 0 Å². The molecule has 0 heterocycles. The Morgan fingerprint density at radius 1 is 0.613 bits per heavy atom. The molecule has 0 aliphatic heterocycles. The molecule has 0 bridgehead atoms. The Morgan fingerprint density at radius 3 is 1.71 bits per heavy atom. The minimum atomic E-state index is -0.00719. The summed E-state index contributed by atoms with van der Waals surface area (Å²) in [5, 5.41) is 42.8. The maximum Gasteiger partial charge on any atom is 0.102 e. The zero-order valence-corrected chi connectivity index (χ0v) is 18.3. The lowest BCUT2D eigenvalue weighted by Crippen LogP contribution is -2.04. The summed E-state index contributed by atoms with van der Waals surface area (Å²) in [5.41, 5.74) is 4.04. The minimum Gasteiger partial charge on any atom is -0.192 e. The molecule has 3 rings (SSSR count). The van der Waals surface area contributed by atoms with Gasteiger partial charge in [0.15, 0.2) is 0 Å². The zero-order valence-electron chi connectivity index (χ0n) is 18.3. The van der Waals surface area contributed by atoms with Crippen molar-refractivity contribution in [1.29, 1.82) is 21.0 Å². The fraction of sp³-hybridized carbons (Fsp3) is 0.333. The Hall–Kier alpha value is -3.86. The van der Waals surface area contributed by atoms with Gasteiger partial charge in [-0.3, -0.25) is 0 Å². The molecule has 0 saturated heterocycles. The van der Waals surface area contributed by atoms with Crippen LogP contribution in [-0.2, 0) is 19.3 Å². The summed E-state index contributed by atoms with van der Waals surface area (Å²) in [6, 6.07) is 14.5. The number of fused-ring (bicyclic) bond motifs is 2. The van der Waals surface area contributed by atoms with Gasteiger partial charge in [0, 0.05) is 10.8 Å². The highest BCUT2D eigenvalue weighted by atomic mass is 14.4.